The fourth-order valence-electron chi connectivity index (χ4n) is 2.19. The Morgan fingerprint density at radius 3 is 2.27 bits per heavy atom. The summed E-state index contributed by atoms with van der Waals surface area (Å²) in [5.41, 5.74) is 2.00. The molecule has 110 valence electrons. The van der Waals surface area contributed by atoms with Crippen LogP contribution in [0.15, 0.2) is 60.9 Å². The normalized spacial score (nSPS) is 9.55. The van der Waals surface area contributed by atoms with Crippen molar-refractivity contribution >= 4 is 10.8 Å². The van der Waals surface area contributed by atoms with Crippen LogP contribution >= 0.6 is 0 Å². The average molecular weight is 401 g/mol. The van der Waals surface area contributed by atoms with Crippen LogP contribution in [0.3, 0.4) is 0 Å². The average Bonchev–Trinajstić information content (AvgIpc) is 2.53. The zero-order valence-electron chi connectivity index (χ0n) is 12.5. The topological polar surface area (TPSA) is 13.1 Å². The molecule has 0 saturated carbocycles. The van der Waals surface area contributed by atoms with Gasteiger partial charge in [0, 0.05) is 22.6 Å². The van der Waals surface area contributed by atoms with Crippen molar-refractivity contribution in [3.63, 3.8) is 0 Å². The lowest BCUT2D eigenvalue weighted by molar-refractivity contribution is -0.670. The molecule has 0 fully saturated rings. The van der Waals surface area contributed by atoms with Gasteiger partial charge in [0.25, 0.3) is 0 Å². The first-order chi connectivity index (χ1) is 10.2. The summed E-state index contributed by atoms with van der Waals surface area (Å²) in [5, 5.41) is 2.42. The van der Waals surface area contributed by atoms with E-state index >= 15 is 0 Å². The second-order valence-electron chi connectivity index (χ2n) is 4.93. The van der Waals surface area contributed by atoms with Crippen molar-refractivity contribution in [3.8, 4) is 17.6 Å². The summed E-state index contributed by atoms with van der Waals surface area (Å²) < 4.78 is 7.19. The van der Waals surface area contributed by atoms with Crippen LogP contribution in [0.4, 0.5) is 0 Å². The lowest BCUT2D eigenvalue weighted by Gasteiger charge is -1.98. The van der Waals surface area contributed by atoms with E-state index in [2.05, 4.69) is 42.3 Å². The molecule has 3 rings (SSSR count). The van der Waals surface area contributed by atoms with E-state index in [1.807, 2.05) is 42.1 Å². The predicted octanol–water partition coefficient (Wildman–Crippen LogP) is 0.0767. The zero-order valence-corrected chi connectivity index (χ0v) is 14.7. The minimum atomic E-state index is 0. The molecule has 0 unspecified atom stereocenters. The number of hydrogen-bond acceptors (Lipinski definition) is 1. The number of aromatic nitrogens is 1. The Kier molecular flexibility index (Phi) is 5.40. The van der Waals surface area contributed by atoms with E-state index in [4.69, 9.17) is 4.74 Å². The van der Waals surface area contributed by atoms with Gasteiger partial charge in [-0.25, -0.2) is 4.57 Å². The first-order valence-corrected chi connectivity index (χ1v) is 6.80. The molecule has 0 radical (unpaired) electrons. The van der Waals surface area contributed by atoms with E-state index in [-0.39, 0.29) is 24.0 Å². The molecule has 0 aliphatic heterocycles. The Bertz CT molecular complexity index is 845. The summed E-state index contributed by atoms with van der Waals surface area (Å²) in [7, 11) is 3.69. The van der Waals surface area contributed by atoms with Crippen LogP contribution in [-0.2, 0) is 7.05 Å². The van der Waals surface area contributed by atoms with Gasteiger partial charge in [-0.3, -0.25) is 0 Å². The highest BCUT2D eigenvalue weighted by Crippen LogP contribution is 2.14. The lowest BCUT2D eigenvalue weighted by Crippen LogP contribution is -3.00. The van der Waals surface area contributed by atoms with Crippen molar-refractivity contribution < 1.29 is 33.3 Å². The summed E-state index contributed by atoms with van der Waals surface area (Å²) in [6, 6.07) is 16.2. The van der Waals surface area contributed by atoms with Gasteiger partial charge >= 0.3 is 0 Å². The number of hydrogen-bond donors (Lipinski definition) is 0. The summed E-state index contributed by atoms with van der Waals surface area (Å²) >= 11 is 0. The maximum Gasteiger partial charge on any atom is 0.176 e. The highest BCUT2D eigenvalue weighted by Gasteiger charge is 1.99. The van der Waals surface area contributed by atoms with Crippen LogP contribution in [0.2, 0.25) is 0 Å². The van der Waals surface area contributed by atoms with Gasteiger partial charge in [0.2, 0.25) is 0 Å². The molecule has 3 heteroatoms. The summed E-state index contributed by atoms with van der Waals surface area (Å²) in [5.74, 6) is 7.23. The van der Waals surface area contributed by atoms with E-state index in [1.54, 1.807) is 7.11 Å². The number of nitrogens with zero attached hydrogens (tertiary/aromatic N) is 1. The van der Waals surface area contributed by atoms with Crippen molar-refractivity contribution in [1.29, 1.82) is 0 Å². The summed E-state index contributed by atoms with van der Waals surface area (Å²) in [6.07, 6.45) is 4.15. The number of pyridine rings is 1. The molecule has 0 spiro atoms. The number of fused-ring (bicyclic) bond motifs is 1. The Morgan fingerprint density at radius 2 is 1.55 bits per heavy atom. The lowest BCUT2D eigenvalue weighted by atomic mass is 10.1. The van der Waals surface area contributed by atoms with E-state index in [0.29, 0.717) is 0 Å². The van der Waals surface area contributed by atoms with Gasteiger partial charge in [0.1, 0.15) is 12.8 Å². The summed E-state index contributed by atoms with van der Waals surface area (Å²) in [4.78, 5) is 0. The van der Waals surface area contributed by atoms with Crippen LogP contribution in [0.25, 0.3) is 10.8 Å². The fraction of sp³-hybridized carbons (Fsp3) is 0.105. The number of benzene rings is 2. The van der Waals surface area contributed by atoms with Crippen molar-refractivity contribution in [2.45, 2.75) is 0 Å². The Labute approximate surface area is 147 Å². The molecule has 0 N–H and O–H groups in total. The van der Waals surface area contributed by atoms with Crippen LogP contribution in [-0.4, -0.2) is 7.11 Å². The number of methoxy groups -OCH3 is 1. The van der Waals surface area contributed by atoms with Crippen molar-refractivity contribution in [2.75, 3.05) is 7.11 Å². The minimum Gasteiger partial charge on any atom is -1.00 e. The number of aryl methyl sites for hydroxylation is 1. The molecule has 0 bridgehead atoms. The highest BCUT2D eigenvalue weighted by atomic mass is 127. The Balaban J connectivity index is 0.00000176. The second-order valence-corrected chi connectivity index (χ2v) is 4.93. The largest absolute Gasteiger partial charge is 1.00 e. The standard InChI is InChI=1S/C19H16NO.HI/c1-20-12-11-17-13-16(5-8-18(17)14-20)4-3-15-6-9-19(21-2)10-7-15;/h5-14H,1-2H3;1H/q+1;/p-1. The van der Waals surface area contributed by atoms with Crippen molar-refractivity contribution in [1.82, 2.24) is 0 Å². The molecular weight excluding hydrogens is 385 g/mol. The monoisotopic (exact) mass is 401 g/mol. The molecular formula is C19H16INO. The fourth-order valence-corrected chi connectivity index (χ4v) is 2.19. The van der Waals surface area contributed by atoms with E-state index in [1.165, 1.54) is 10.8 Å². The zero-order chi connectivity index (χ0) is 14.7. The Hall–Kier alpha value is -2.06. The number of ether oxygens (including phenoxy) is 1. The number of halogens is 1. The van der Waals surface area contributed by atoms with Crippen LogP contribution in [0.5, 0.6) is 5.75 Å². The third-order valence-corrected chi connectivity index (χ3v) is 3.36. The van der Waals surface area contributed by atoms with Crippen LogP contribution in [0.1, 0.15) is 11.1 Å². The predicted molar refractivity (Wildman–Crippen MR) is 84.1 cm³/mol. The molecule has 0 amide bonds. The minimum absolute atomic E-state index is 0. The second kappa shape index (κ2) is 7.28. The van der Waals surface area contributed by atoms with Crippen molar-refractivity contribution in [3.05, 3.63) is 72.1 Å². The number of rotatable bonds is 1. The van der Waals surface area contributed by atoms with Crippen LogP contribution in [0, 0.1) is 11.8 Å². The molecule has 2 aromatic carbocycles. The van der Waals surface area contributed by atoms with Gasteiger partial charge in [-0.05, 0) is 47.9 Å². The maximum absolute atomic E-state index is 5.14. The van der Waals surface area contributed by atoms with E-state index in [0.717, 1.165) is 16.9 Å². The first kappa shape index (κ1) is 16.3. The van der Waals surface area contributed by atoms with Gasteiger partial charge in [-0.15, -0.1) is 0 Å². The maximum atomic E-state index is 5.14. The third kappa shape index (κ3) is 3.77. The van der Waals surface area contributed by atoms with E-state index in [9.17, 15) is 0 Å². The molecule has 0 atom stereocenters. The molecule has 3 aromatic rings. The van der Waals surface area contributed by atoms with Crippen molar-refractivity contribution in [2.24, 2.45) is 7.05 Å². The van der Waals surface area contributed by atoms with Gasteiger partial charge in [-0.1, -0.05) is 11.8 Å². The van der Waals surface area contributed by atoms with Crippen LogP contribution < -0.4 is 33.3 Å². The first-order valence-electron chi connectivity index (χ1n) is 6.80. The molecule has 1 aromatic heterocycles. The van der Waals surface area contributed by atoms with E-state index < -0.39 is 0 Å². The quantitative estimate of drug-likeness (QED) is 0.320. The third-order valence-electron chi connectivity index (χ3n) is 3.36. The molecule has 0 saturated heterocycles. The molecule has 2 nitrogen and oxygen atoms in total. The van der Waals surface area contributed by atoms with Gasteiger partial charge in [0.15, 0.2) is 12.4 Å². The Morgan fingerprint density at radius 1 is 0.864 bits per heavy atom. The molecule has 1 heterocycles. The molecule has 0 aliphatic carbocycles. The highest BCUT2D eigenvalue weighted by molar-refractivity contribution is 5.82. The van der Waals surface area contributed by atoms with Gasteiger partial charge in [-0.2, -0.15) is 0 Å². The van der Waals surface area contributed by atoms with Gasteiger partial charge in [0.05, 0.1) is 7.11 Å². The smallest absolute Gasteiger partial charge is 0.176 e. The molecule has 0 aliphatic rings. The molecule has 22 heavy (non-hydrogen) atoms. The van der Waals surface area contributed by atoms with Gasteiger partial charge < -0.3 is 28.7 Å². The SMILES string of the molecule is COc1ccc(C#Cc2ccc3c[n+](C)ccc3c2)cc1.[I-]. The summed E-state index contributed by atoms with van der Waals surface area (Å²) in [6.45, 7) is 0.